The third kappa shape index (κ3) is 2.61. The molecular formula is C15H10Cl2F2N2. The number of imidazole rings is 1. The number of aromatic nitrogens is 2. The molecule has 0 spiro atoms. The first-order valence-corrected chi connectivity index (χ1v) is 7.19. The van der Waals surface area contributed by atoms with Gasteiger partial charge in [-0.05, 0) is 30.3 Å². The van der Waals surface area contributed by atoms with Crippen LogP contribution in [0.1, 0.15) is 5.82 Å². The minimum absolute atomic E-state index is 0.0354. The maximum atomic E-state index is 13.7. The van der Waals surface area contributed by atoms with Crippen LogP contribution >= 0.6 is 23.2 Å². The van der Waals surface area contributed by atoms with Gasteiger partial charge < -0.3 is 0 Å². The molecule has 0 bridgehead atoms. The van der Waals surface area contributed by atoms with E-state index in [1.807, 2.05) is 0 Å². The highest BCUT2D eigenvalue weighted by molar-refractivity contribution is 6.30. The molecule has 0 atom stereocenters. The van der Waals surface area contributed by atoms with Gasteiger partial charge in [0.2, 0.25) is 0 Å². The fraction of sp³-hybridized carbons (Fsp3) is 0.133. The molecule has 0 aliphatic carbocycles. The number of hydrogen-bond acceptors (Lipinski definition) is 1. The van der Waals surface area contributed by atoms with Crippen LogP contribution in [-0.4, -0.2) is 15.4 Å². The number of fused-ring (bicyclic) bond motifs is 1. The maximum Gasteiger partial charge on any atom is 0.143 e. The van der Waals surface area contributed by atoms with Crippen molar-refractivity contribution in [2.75, 3.05) is 5.88 Å². The Bertz CT molecular complexity index is 815. The molecule has 0 fully saturated rings. The summed E-state index contributed by atoms with van der Waals surface area (Å²) in [6.45, 7) is 0. The first-order valence-electron chi connectivity index (χ1n) is 6.28. The van der Waals surface area contributed by atoms with Crippen molar-refractivity contribution in [3.05, 3.63) is 58.9 Å². The molecule has 0 saturated carbocycles. The molecule has 3 aromatic rings. The predicted octanol–water partition coefficient (Wildman–Crippen LogP) is 4.74. The van der Waals surface area contributed by atoms with Crippen molar-refractivity contribution in [1.29, 1.82) is 0 Å². The van der Waals surface area contributed by atoms with E-state index >= 15 is 0 Å². The van der Waals surface area contributed by atoms with Gasteiger partial charge in [0.05, 0.1) is 21.7 Å². The number of aryl methyl sites for hydroxylation is 1. The summed E-state index contributed by atoms with van der Waals surface area (Å²) in [5.74, 6) is 0.0917. The van der Waals surface area contributed by atoms with Crippen LogP contribution in [-0.2, 0) is 6.42 Å². The molecular weight excluding hydrogens is 317 g/mol. The first-order chi connectivity index (χ1) is 10.1. The fourth-order valence-electron chi connectivity index (χ4n) is 2.26. The second-order valence-corrected chi connectivity index (χ2v) is 5.32. The van der Waals surface area contributed by atoms with Crippen molar-refractivity contribution in [2.24, 2.45) is 0 Å². The van der Waals surface area contributed by atoms with E-state index in [1.54, 1.807) is 16.7 Å². The van der Waals surface area contributed by atoms with Gasteiger partial charge in [-0.15, -0.1) is 11.6 Å². The molecule has 0 saturated heterocycles. The Hall–Kier alpha value is -1.65. The lowest BCUT2D eigenvalue weighted by molar-refractivity contribution is 0.626. The highest BCUT2D eigenvalue weighted by atomic mass is 35.5. The maximum absolute atomic E-state index is 13.7. The second-order valence-electron chi connectivity index (χ2n) is 4.53. The Morgan fingerprint density at radius 2 is 1.90 bits per heavy atom. The van der Waals surface area contributed by atoms with Gasteiger partial charge in [-0.1, -0.05) is 11.6 Å². The van der Waals surface area contributed by atoms with E-state index < -0.39 is 5.82 Å². The molecule has 2 aromatic carbocycles. The van der Waals surface area contributed by atoms with E-state index in [0.29, 0.717) is 34.8 Å². The molecule has 0 aliphatic rings. The van der Waals surface area contributed by atoms with Crippen molar-refractivity contribution in [3.8, 4) is 5.69 Å². The lowest BCUT2D eigenvalue weighted by Gasteiger charge is -2.09. The van der Waals surface area contributed by atoms with Crippen LogP contribution in [0, 0.1) is 11.6 Å². The standard InChI is InChI=1S/C15H10Cl2F2N2/c16-6-5-15-20-13-4-1-9(18)7-14(13)21(15)10-2-3-11(17)12(19)8-10/h1-4,7-8H,5-6H2. The van der Waals surface area contributed by atoms with Gasteiger partial charge >= 0.3 is 0 Å². The summed E-state index contributed by atoms with van der Waals surface area (Å²) < 4.78 is 28.9. The molecule has 108 valence electrons. The van der Waals surface area contributed by atoms with Gasteiger partial charge in [-0.2, -0.15) is 0 Å². The zero-order chi connectivity index (χ0) is 15.0. The minimum Gasteiger partial charge on any atom is -0.296 e. The first kappa shape index (κ1) is 14.3. The Morgan fingerprint density at radius 3 is 2.62 bits per heavy atom. The molecule has 0 radical (unpaired) electrons. The van der Waals surface area contributed by atoms with E-state index in [2.05, 4.69) is 4.98 Å². The topological polar surface area (TPSA) is 17.8 Å². The van der Waals surface area contributed by atoms with Gasteiger partial charge in [0.1, 0.15) is 17.5 Å². The monoisotopic (exact) mass is 326 g/mol. The van der Waals surface area contributed by atoms with E-state index in [4.69, 9.17) is 23.2 Å². The number of benzene rings is 2. The zero-order valence-corrected chi connectivity index (χ0v) is 12.3. The van der Waals surface area contributed by atoms with Gasteiger partial charge in [0.15, 0.2) is 0 Å². The third-order valence-corrected chi connectivity index (χ3v) is 3.66. The molecule has 6 heteroatoms. The van der Waals surface area contributed by atoms with Crippen molar-refractivity contribution < 1.29 is 8.78 Å². The zero-order valence-electron chi connectivity index (χ0n) is 10.8. The van der Waals surface area contributed by atoms with Crippen LogP contribution < -0.4 is 0 Å². The summed E-state index contributed by atoms with van der Waals surface area (Å²) in [6, 6.07) is 8.72. The number of alkyl halides is 1. The summed E-state index contributed by atoms with van der Waals surface area (Å²) in [7, 11) is 0. The molecule has 21 heavy (non-hydrogen) atoms. The summed E-state index contributed by atoms with van der Waals surface area (Å²) >= 11 is 11.5. The molecule has 1 heterocycles. The fourth-order valence-corrected chi connectivity index (χ4v) is 2.55. The number of halogens is 4. The van der Waals surface area contributed by atoms with Crippen molar-refractivity contribution >= 4 is 34.2 Å². The molecule has 2 nitrogen and oxygen atoms in total. The average molecular weight is 327 g/mol. The molecule has 3 rings (SSSR count). The van der Waals surface area contributed by atoms with Gasteiger partial charge in [0.25, 0.3) is 0 Å². The van der Waals surface area contributed by atoms with Crippen LogP contribution in [0.15, 0.2) is 36.4 Å². The molecule has 0 N–H and O–H groups in total. The number of rotatable bonds is 3. The van der Waals surface area contributed by atoms with Crippen LogP contribution in [0.5, 0.6) is 0 Å². The van der Waals surface area contributed by atoms with Crippen LogP contribution in [0.2, 0.25) is 5.02 Å². The second kappa shape index (κ2) is 5.62. The average Bonchev–Trinajstić information content (AvgIpc) is 2.80. The van der Waals surface area contributed by atoms with Crippen LogP contribution in [0.3, 0.4) is 0 Å². The van der Waals surface area contributed by atoms with Crippen LogP contribution in [0.4, 0.5) is 8.78 Å². The highest BCUT2D eigenvalue weighted by Crippen LogP contribution is 2.25. The van der Waals surface area contributed by atoms with Gasteiger partial charge in [-0.3, -0.25) is 4.57 Å². The van der Waals surface area contributed by atoms with Crippen molar-refractivity contribution in [1.82, 2.24) is 9.55 Å². The SMILES string of the molecule is Fc1ccc2nc(CCCl)n(-c3ccc(Cl)c(F)c3)c2c1. The molecule has 1 aromatic heterocycles. The number of hydrogen-bond donors (Lipinski definition) is 0. The Kier molecular flexibility index (Phi) is 3.83. The smallest absolute Gasteiger partial charge is 0.143 e. The van der Waals surface area contributed by atoms with E-state index in [0.717, 1.165) is 0 Å². The summed E-state index contributed by atoms with van der Waals surface area (Å²) in [4.78, 5) is 4.43. The van der Waals surface area contributed by atoms with E-state index in [9.17, 15) is 8.78 Å². The summed E-state index contributed by atoms with van der Waals surface area (Å²) in [5.41, 5.74) is 1.73. The summed E-state index contributed by atoms with van der Waals surface area (Å²) in [6.07, 6.45) is 0.488. The van der Waals surface area contributed by atoms with Crippen molar-refractivity contribution in [3.63, 3.8) is 0 Å². The molecule has 0 unspecified atom stereocenters. The predicted molar refractivity (Wildman–Crippen MR) is 80.4 cm³/mol. The molecule has 0 aliphatic heterocycles. The Morgan fingerprint density at radius 1 is 1.10 bits per heavy atom. The third-order valence-electron chi connectivity index (χ3n) is 3.17. The molecule has 0 amide bonds. The lowest BCUT2D eigenvalue weighted by Crippen LogP contribution is -2.02. The highest BCUT2D eigenvalue weighted by Gasteiger charge is 2.14. The van der Waals surface area contributed by atoms with E-state index in [-0.39, 0.29) is 10.8 Å². The Balaban J connectivity index is 2.29. The van der Waals surface area contributed by atoms with Crippen LogP contribution in [0.25, 0.3) is 16.7 Å². The Labute approximate surface area is 129 Å². The number of nitrogens with zero attached hydrogens (tertiary/aromatic N) is 2. The minimum atomic E-state index is -0.538. The summed E-state index contributed by atoms with van der Waals surface area (Å²) in [5, 5.41) is 0.0354. The normalized spacial score (nSPS) is 11.2. The largest absolute Gasteiger partial charge is 0.296 e. The van der Waals surface area contributed by atoms with Crippen molar-refractivity contribution in [2.45, 2.75) is 6.42 Å². The van der Waals surface area contributed by atoms with E-state index in [1.165, 1.54) is 24.3 Å². The lowest BCUT2D eigenvalue weighted by atomic mass is 10.2. The van der Waals surface area contributed by atoms with Gasteiger partial charge in [-0.25, -0.2) is 13.8 Å². The quantitative estimate of drug-likeness (QED) is 0.636. The van der Waals surface area contributed by atoms with Gasteiger partial charge in [0, 0.05) is 18.4 Å².